The fraction of sp³-hybridized carbons (Fsp3) is 0.400. The molecule has 0 aromatic heterocycles. The van der Waals surface area contributed by atoms with Crippen LogP contribution in [0.2, 0.25) is 0 Å². The molecule has 21 heavy (non-hydrogen) atoms. The van der Waals surface area contributed by atoms with E-state index >= 15 is 0 Å². The third-order valence-electron chi connectivity index (χ3n) is 5.37. The van der Waals surface area contributed by atoms with E-state index in [4.69, 9.17) is 0 Å². The van der Waals surface area contributed by atoms with Crippen molar-refractivity contribution in [3.8, 4) is 0 Å². The lowest BCUT2D eigenvalue weighted by Gasteiger charge is -2.38. The van der Waals surface area contributed by atoms with Crippen LogP contribution in [-0.2, 0) is 0 Å². The molecule has 4 rings (SSSR count). The van der Waals surface area contributed by atoms with E-state index in [1.165, 1.54) is 36.0 Å². The summed E-state index contributed by atoms with van der Waals surface area (Å²) >= 11 is 0. The van der Waals surface area contributed by atoms with Gasteiger partial charge >= 0.3 is 0 Å². The average molecular weight is 277 g/mol. The average Bonchev–Trinajstić information content (AvgIpc) is 2.90. The normalized spacial score (nSPS) is 31.3. The van der Waals surface area contributed by atoms with E-state index in [9.17, 15) is 0 Å². The fourth-order valence-electron chi connectivity index (χ4n) is 4.35. The predicted molar refractivity (Wildman–Crippen MR) is 87.7 cm³/mol. The summed E-state index contributed by atoms with van der Waals surface area (Å²) in [5.41, 5.74) is 4.38. The number of fused-ring (bicyclic) bond motifs is 2. The summed E-state index contributed by atoms with van der Waals surface area (Å²) in [6.07, 6.45) is 3.95. The molecule has 0 amide bonds. The lowest BCUT2D eigenvalue weighted by Crippen LogP contribution is -2.43. The molecule has 0 aliphatic carbocycles. The zero-order valence-electron chi connectivity index (χ0n) is 12.6. The number of nitrogens with one attached hydrogen (secondary N) is 1. The molecule has 4 atom stereocenters. The number of hydrogen-bond acceptors (Lipinski definition) is 1. The first kappa shape index (κ1) is 13.1. The molecule has 2 heterocycles. The molecule has 2 bridgehead atoms. The predicted octanol–water partition coefficient (Wildman–Crippen LogP) is 4.39. The van der Waals surface area contributed by atoms with Crippen molar-refractivity contribution in [2.24, 2.45) is 0 Å². The molecule has 2 saturated heterocycles. The zero-order chi connectivity index (χ0) is 14.2. The fourth-order valence-corrected chi connectivity index (χ4v) is 4.35. The van der Waals surface area contributed by atoms with Crippen molar-refractivity contribution in [1.82, 2.24) is 5.32 Å². The van der Waals surface area contributed by atoms with Crippen molar-refractivity contribution in [2.45, 2.75) is 50.1 Å². The Labute approximate surface area is 127 Å². The van der Waals surface area contributed by atoms with Crippen LogP contribution in [0, 0.1) is 6.92 Å². The Balaban J connectivity index is 1.74. The third kappa shape index (κ3) is 2.40. The van der Waals surface area contributed by atoms with Crippen molar-refractivity contribution < 1.29 is 0 Å². The van der Waals surface area contributed by atoms with Gasteiger partial charge < -0.3 is 5.32 Å². The Bertz CT molecular complexity index is 601. The molecule has 4 unspecified atom stereocenters. The number of hydrogen-bond donors (Lipinski definition) is 1. The van der Waals surface area contributed by atoms with Gasteiger partial charge in [0.25, 0.3) is 0 Å². The van der Waals surface area contributed by atoms with Crippen LogP contribution in [0.5, 0.6) is 0 Å². The van der Waals surface area contributed by atoms with Crippen molar-refractivity contribution >= 4 is 0 Å². The van der Waals surface area contributed by atoms with Gasteiger partial charge in [0.05, 0.1) is 0 Å². The van der Waals surface area contributed by atoms with Crippen molar-refractivity contribution in [3.05, 3.63) is 71.3 Å². The largest absolute Gasteiger partial charge is 0.311 e. The summed E-state index contributed by atoms with van der Waals surface area (Å²) in [5, 5.41) is 3.85. The molecule has 108 valence electrons. The quantitative estimate of drug-likeness (QED) is 0.858. The maximum Gasteiger partial charge on any atom is 0.0145 e. The molecule has 0 saturated carbocycles. The first-order valence-corrected chi connectivity index (χ1v) is 8.19. The number of benzene rings is 2. The maximum absolute atomic E-state index is 3.85. The highest BCUT2D eigenvalue weighted by Crippen LogP contribution is 2.46. The van der Waals surface area contributed by atoms with Crippen LogP contribution in [0.4, 0.5) is 0 Å². The highest BCUT2D eigenvalue weighted by molar-refractivity contribution is 5.34. The summed E-state index contributed by atoms with van der Waals surface area (Å²) in [6, 6.07) is 21.7. The van der Waals surface area contributed by atoms with E-state index in [1.807, 2.05) is 0 Å². The van der Waals surface area contributed by atoms with Crippen LogP contribution in [0.3, 0.4) is 0 Å². The minimum Gasteiger partial charge on any atom is -0.311 e. The van der Waals surface area contributed by atoms with E-state index < -0.39 is 0 Å². The van der Waals surface area contributed by atoms with Crippen molar-refractivity contribution in [1.29, 1.82) is 0 Å². The number of rotatable bonds is 2. The van der Waals surface area contributed by atoms with Gasteiger partial charge in [-0.05, 0) is 43.2 Å². The van der Waals surface area contributed by atoms with Crippen LogP contribution in [0.25, 0.3) is 0 Å². The molecule has 2 aromatic carbocycles. The second kappa shape index (κ2) is 5.31. The van der Waals surface area contributed by atoms with Gasteiger partial charge in [0.2, 0.25) is 0 Å². The minimum absolute atomic E-state index is 0.618. The van der Waals surface area contributed by atoms with Gasteiger partial charge in [-0.25, -0.2) is 0 Å². The summed E-state index contributed by atoms with van der Waals surface area (Å²) in [7, 11) is 0. The maximum atomic E-state index is 3.85. The highest BCUT2D eigenvalue weighted by atomic mass is 15.0. The molecule has 2 aromatic rings. The van der Waals surface area contributed by atoms with Crippen LogP contribution in [0.15, 0.2) is 54.6 Å². The van der Waals surface area contributed by atoms with Gasteiger partial charge in [0, 0.05) is 18.0 Å². The molecule has 0 radical (unpaired) electrons. The molecular formula is C20H23N. The Morgan fingerprint density at radius 2 is 1.62 bits per heavy atom. The summed E-state index contributed by atoms with van der Waals surface area (Å²) in [5.74, 6) is 1.28. The summed E-state index contributed by atoms with van der Waals surface area (Å²) in [4.78, 5) is 0. The van der Waals surface area contributed by atoms with E-state index in [1.54, 1.807) is 0 Å². The Morgan fingerprint density at radius 3 is 2.38 bits per heavy atom. The monoisotopic (exact) mass is 277 g/mol. The molecular weight excluding hydrogens is 254 g/mol. The van der Waals surface area contributed by atoms with Crippen LogP contribution >= 0.6 is 0 Å². The molecule has 1 nitrogen and oxygen atoms in total. The van der Waals surface area contributed by atoms with E-state index in [0.29, 0.717) is 17.9 Å². The Morgan fingerprint density at radius 1 is 0.857 bits per heavy atom. The Hall–Kier alpha value is -1.60. The lowest BCUT2D eigenvalue weighted by molar-refractivity contribution is 0.316. The Kier molecular flexibility index (Phi) is 3.31. The van der Waals surface area contributed by atoms with Gasteiger partial charge in [-0.3, -0.25) is 0 Å². The van der Waals surface area contributed by atoms with Gasteiger partial charge in [0.1, 0.15) is 0 Å². The van der Waals surface area contributed by atoms with E-state index in [2.05, 4.69) is 66.8 Å². The third-order valence-corrected chi connectivity index (χ3v) is 5.37. The van der Waals surface area contributed by atoms with Gasteiger partial charge in [-0.15, -0.1) is 0 Å². The molecule has 2 aliphatic rings. The van der Waals surface area contributed by atoms with Crippen LogP contribution < -0.4 is 5.32 Å². The van der Waals surface area contributed by atoms with Gasteiger partial charge in [0.15, 0.2) is 0 Å². The summed E-state index contributed by atoms with van der Waals surface area (Å²) in [6.45, 7) is 2.17. The van der Waals surface area contributed by atoms with Crippen molar-refractivity contribution in [3.63, 3.8) is 0 Å². The number of piperidine rings is 1. The topological polar surface area (TPSA) is 12.0 Å². The van der Waals surface area contributed by atoms with Gasteiger partial charge in [-0.2, -0.15) is 0 Å². The minimum atomic E-state index is 0.618. The molecule has 2 fully saturated rings. The second-order valence-corrected chi connectivity index (χ2v) is 6.74. The smallest absolute Gasteiger partial charge is 0.0145 e. The highest BCUT2D eigenvalue weighted by Gasteiger charge is 2.42. The van der Waals surface area contributed by atoms with E-state index in [-0.39, 0.29) is 0 Å². The summed E-state index contributed by atoms with van der Waals surface area (Å²) < 4.78 is 0. The molecule has 1 heteroatoms. The standard InChI is InChI=1S/C20H23N/c1-14-7-9-15(10-8-14)18-13-17-11-12-19(21-17)20(18)16-5-3-2-4-6-16/h2-10,17-21H,11-13H2,1H3. The van der Waals surface area contributed by atoms with Crippen molar-refractivity contribution in [2.75, 3.05) is 0 Å². The van der Waals surface area contributed by atoms with Crippen LogP contribution in [0.1, 0.15) is 47.8 Å². The molecule has 0 spiro atoms. The second-order valence-electron chi connectivity index (χ2n) is 6.74. The lowest BCUT2D eigenvalue weighted by atomic mass is 9.73. The molecule has 2 aliphatic heterocycles. The van der Waals surface area contributed by atoms with Gasteiger partial charge in [-0.1, -0.05) is 60.2 Å². The SMILES string of the molecule is Cc1ccc(C2CC3CCC(N3)C2c2ccccc2)cc1. The zero-order valence-corrected chi connectivity index (χ0v) is 12.6. The molecule has 1 N–H and O–H groups in total. The van der Waals surface area contributed by atoms with E-state index in [0.717, 1.165) is 6.04 Å². The first-order valence-electron chi connectivity index (χ1n) is 8.19. The van der Waals surface area contributed by atoms with Crippen LogP contribution in [-0.4, -0.2) is 12.1 Å². The number of aryl methyl sites for hydroxylation is 1. The first-order chi connectivity index (χ1) is 10.3.